The molecule has 0 aliphatic rings. The third kappa shape index (κ3) is 5.67. The molecule has 0 bridgehead atoms. The second kappa shape index (κ2) is 10.9. The number of non-ortho nitro benzene ring substituents is 1. The highest BCUT2D eigenvalue weighted by Gasteiger charge is 2.26. The van der Waals surface area contributed by atoms with Gasteiger partial charge in [-0.1, -0.05) is 60.3 Å². The average Bonchev–Trinajstić information content (AvgIpc) is 3.36. The van der Waals surface area contributed by atoms with Crippen molar-refractivity contribution >= 4 is 38.2 Å². The largest absolute Gasteiger partial charge is 0.273 e. The number of nitrogens with zero attached hydrogens (tertiary/aromatic N) is 4. The number of thioether (sulfide) groups is 1. The van der Waals surface area contributed by atoms with Crippen molar-refractivity contribution in [3.8, 4) is 5.69 Å². The van der Waals surface area contributed by atoms with Gasteiger partial charge in [-0.2, -0.15) is 0 Å². The molecule has 5 rings (SSSR count). The van der Waals surface area contributed by atoms with E-state index < -0.39 is 21.0 Å². The lowest BCUT2D eigenvalue weighted by Gasteiger charge is -2.17. The van der Waals surface area contributed by atoms with Gasteiger partial charge < -0.3 is 0 Å². The molecule has 5 aromatic rings. The zero-order valence-corrected chi connectivity index (χ0v) is 22.2. The highest BCUT2D eigenvalue weighted by atomic mass is 32.2. The molecule has 0 spiro atoms. The molecule has 0 aliphatic heterocycles. The van der Waals surface area contributed by atoms with Crippen LogP contribution in [0.15, 0.2) is 101 Å². The van der Waals surface area contributed by atoms with Crippen molar-refractivity contribution < 1.29 is 17.7 Å². The Balaban J connectivity index is 1.50. The maximum absolute atomic E-state index is 13.5. The maximum Gasteiger partial charge on any atom is 0.269 e. The van der Waals surface area contributed by atoms with E-state index in [0.29, 0.717) is 27.8 Å². The molecular formula is C27H22FN5O4S2. The lowest BCUT2D eigenvalue weighted by molar-refractivity contribution is -0.384. The van der Waals surface area contributed by atoms with Crippen molar-refractivity contribution in [3.63, 3.8) is 0 Å². The first kappa shape index (κ1) is 26.5. The van der Waals surface area contributed by atoms with Crippen molar-refractivity contribution in [2.24, 2.45) is 0 Å². The number of hydrogen-bond acceptors (Lipinski definition) is 7. The van der Waals surface area contributed by atoms with Gasteiger partial charge >= 0.3 is 0 Å². The molecule has 4 aromatic carbocycles. The van der Waals surface area contributed by atoms with E-state index in [1.165, 1.54) is 36.0 Å². The number of nitrogens with one attached hydrogen (secondary N) is 1. The van der Waals surface area contributed by atoms with Crippen LogP contribution in [0, 0.1) is 15.9 Å². The molecule has 0 aliphatic carbocycles. The second-order valence-corrected chi connectivity index (χ2v) is 11.3. The molecule has 1 aromatic heterocycles. The van der Waals surface area contributed by atoms with E-state index in [4.69, 9.17) is 0 Å². The summed E-state index contributed by atoms with van der Waals surface area (Å²) in [4.78, 5) is 10.8. The van der Waals surface area contributed by atoms with E-state index >= 15 is 0 Å². The van der Waals surface area contributed by atoms with Crippen molar-refractivity contribution in [1.82, 2.24) is 19.5 Å². The van der Waals surface area contributed by atoms with Crippen LogP contribution in [0.4, 0.5) is 10.1 Å². The lowest BCUT2D eigenvalue weighted by Crippen LogP contribution is -2.29. The van der Waals surface area contributed by atoms with E-state index in [1.54, 1.807) is 60.0 Å². The number of nitro groups is 1. The predicted octanol–water partition coefficient (Wildman–Crippen LogP) is 5.80. The fraction of sp³-hybridized carbons (Fsp3) is 0.111. The maximum atomic E-state index is 13.5. The fourth-order valence-corrected chi connectivity index (χ4v) is 6.47. The van der Waals surface area contributed by atoms with Gasteiger partial charge in [-0.05, 0) is 48.2 Å². The quantitative estimate of drug-likeness (QED) is 0.137. The summed E-state index contributed by atoms with van der Waals surface area (Å²) in [5, 5.41) is 21.6. The molecule has 39 heavy (non-hydrogen) atoms. The monoisotopic (exact) mass is 563 g/mol. The summed E-state index contributed by atoms with van der Waals surface area (Å²) in [7, 11) is -3.96. The molecule has 1 N–H and O–H groups in total. The molecule has 198 valence electrons. The van der Waals surface area contributed by atoms with E-state index in [1.807, 2.05) is 18.2 Å². The topological polar surface area (TPSA) is 120 Å². The van der Waals surface area contributed by atoms with Crippen LogP contribution in [0.25, 0.3) is 16.5 Å². The second-order valence-electron chi connectivity index (χ2n) is 8.69. The van der Waals surface area contributed by atoms with Gasteiger partial charge in [0, 0.05) is 29.0 Å². The summed E-state index contributed by atoms with van der Waals surface area (Å²) >= 11 is 1.32. The van der Waals surface area contributed by atoms with Gasteiger partial charge in [0.15, 0.2) is 11.0 Å². The summed E-state index contributed by atoms with van der Waals surface area (Å²) < 4.78 is 44.6. The Bertz CT molecular complexity index is 1750. The molecule has 9 nitrogen and oxygen atoms in total. The minimum atomic E-state index is -3.96. The summed E-state index contributed by atoms with van der Waals surface area (Å²) in [6.07, 6.45) is 0. The highest BCUT2D eigenvalue weighted by Crippen LogP contribution is 2.30. The van der Waals surface area contributed by atoms with Crippen LogP contribution in [-0.4, -0.2) is 28.1 Å². The van der Waals surface area contributed by atoms with Crippen LogP contribution in [-0.2, 0) is 15.8 Å². The first-order chi connectivity index (χ1) is 18.7. The van der Waals surface area contributed by atoms with Crippen LogP contribution in [0.3, 0.4) is 0 Å². The van der Waals surface area contributed by atoms with Crippen molar-refractivity contribution in [2.75, 3.05) is 0 Å². The molecule has 1 heterocycles. The molecular weight excluding hydrogens is 541 g/mol. The zero-order chi connectivity index (χ0) is 27.6. The summed E-state index contributed by atoms with van der Waals surface area (Å²) in [5.41, 5.74) is 1.29. The molecule has 0 saturated heterocycles. The summed E-state index contributed by atoms with van der Waals surface area (Å²) in [6, 6.07) is 23.4. The van der Waals surface area contributed by atoms with E-state index in [2.05, 4.69) is 14.9 Å². The van der Waals surface area contributed by atoms with Crippen LogP contribution in [0.2, 0.25) is 0 Å². The van der Waals surface area contributed by atoms with Gasteiger partial charge in [-0.3, -0.25) is 14.7 Å². The first-order valence-corrected chi connectivity index (χ1v) is 14.3. The number of sulfonamides is 1. The Labute approximate surface area is 227 Å². The summed E-state index contributed by atoms with van der Waals surface area (Å²) in [6.45, 7) is 1.66. The Kier molecular flexibility index (Phi) is 7.42. The fourth-order valence-electron chi connectivity index (χ4n) is 4.13. The van der Waals surface area contributed by atoms with Gasteiger partial charge in [-0.15, -0.1) is 10.2 Å². The Morgan fingerprint density at radius 1 is 0.974 bits per heavy atom. The standard InChI is InChI=1S/C27H22FN5O4S2/c1-18(31-39(36,37)25-8-4-6-20-5-2-3-7-24(20)25)26-29-30-27(38-17-19-9-11-21(28)12-10-19)32(26)22-13-15-23(16-14-22)33(34)35/h2-16,18,31H,17H2,1H3. The first-order valence-electron chi connectivity index (χ1n) is 11.8. The van der Waals surface area contributed by atoms with Crippen LogP contribution < -0.4 is 4.72 Å². The van der Waals surface area contributed by atoms with Gasteiger partial charge in [0.25, 0.3) is 5.69 Å². The molecule has 12 heteroatoms. The van der Waals surface area contributed by atoms with E-state index in [0.717, 1.165) is 10.9 Å². The Morgan fingerprint density at radius 2 is 1.67 bits per heavy atom. The number of fused-ring (bicyclic) bond motifs is 1. The lowest BCUT2D eigenvalue weighted by atomic mass is 10.1. The molecule has 0 radical (unpaired) electrons. The average molecular weight is 564 g/mol. The van der Waals surface area contributed by atoms with Crippen LogP contribution >= 0.6 is 11.8 Å². The van der Waals surface area contributed by atoms with Gasteiger partial charge in [0.1, 0.15) is 5.82 Å². The number of aromatic nitrogens is 3. The molecule has 0 saturated carbocycles. The van der Waals surface area contributed by atoms with E-state index in [-0.39, 0.29) is 16.4 Å². The van der Waals surface area contributed by atoms with Crippen molar-refractivity contribution in [2.45, 2.75) is 28.8 Å². The molecule has 1 unspecified atom stereocenters. The van der Waals surface area contributed by atoms with Gasteiger partial charge in [0.05, 0.1) is 15.9 Å². The number of benzene rings is 4. The summed E-state index contributed by atoms with van der Waals surface area (Å²) in [5.74, 6) is 0.406. The smallest absolute Gasteiger partial charge is 0.269 e. The third-order valence-corrected chi connectivity index (χ3v) is 8.62. The normalized spacial score (nSPS) is 12.5. The Morgan fingerprint density at radius 3 is 2.38 bits per heavy atom. The SMILES string of the molecule is CC(NS(=O)(=O)c1cccc2ccccc12)c1nnc(SCc2ccc(F)cc2)n1-c1ccc([N+](=O)[O-])cc1. The minimum absolute atomic E-state index is 0.0846. The third-order valence-electron chi connectivity index (χ3n) is 6.02. The molecule has 0 amide bonds. The van der Waals surface area contributed by atoms with Crippen molar-refractivity contribution in [3.05, 3.63) is 118 Å². The van der Waals surface area contributed by atoms with Gasteiger partial charge in [0.2, 0.25) is 10.0 Å². The number of rotatable bonds is 9. The molecule has 1 atom stereocenters. The van der Waals surface area contributed by atoms with Crippen LogP contribution in [0.5, 0.6) is 0 Å². The van der Waals surface area contributed by atoms with Gasteiger partial charge in [-0.25, -0.2) is 17.5 Å². The van der Waals surface area contributed by atoms with Crippen LogP contribution in [0.1, 0.15) is 24.4 Å². The number of nitro benzene ring substituents is 1. The molecule has 0 fully saturated rings. The number of hydrogen-bond donors (Lipinski definition) is 1. The van der Waals surface area contributed by atoms with Crippen molar-refractivity contribution in [1.29, 1.82) is 0 Å². The highest BCUT2D eigenvalue weighted by molar-refractivity contribution is 7.98. The Hall–Kier alpha value is -4.13. The number of halogens is 1. The minimum Gasteiger partial charge on any atom is -0.273 e. The van der Waals surface area contributed by atoms with E-state index in [9.17, 15) is 22.9 Å². The predicted molar refractivity (Wildman–Crippen MR) is 147 cm³/mol. The zero-order valence-electron chi connectivity index (χ0n) is 20.6.